The van der Waals surface area contributed by atoms with Crippen LogP contribution in [0.15, 0.2) is 36.7 Å². The second-order valence-electron chi connectivity index (χ2n) is 15.6. The van der Waals surface area contributed by atoms with Crippen LogP contribution in [0.25, 0.3) is 11.3 Å². The predicted molar refractivity (Wildman–Crippen MR) is 195 cm³/mol. The van der Waals surface area contributed by atoms with E-state index in [1.807, 2.05) is 61.8 Å². The van der Waals surface area contributed by atoms with Gasteiger partial charge in [-0.15, -0.1) is 0 Å². The first-order valence-corrected chi connectivity index (χ1v) is 19.0. The number of hydrogen-bond acceptors (Lipinski definition) is 6. The van der Waals surface area contributed by atoms with E-state index >= 15 is 0 Å². The van der Waals surface area contributed by atoms with E-state index in [4.69, 9.17) is 0 Å². The van der Waals surface area contributed by atoms with Crippen LogP contribution in [0.4, 0.5) is 0 Å². The van der Waals surface area contributed by atoms with Gasteiger partial charge in [0.15, 0.2) is 0 Å². The monoisotopic (exact) mass is 706 g/mol. The maximum atomic E-state index is 13.7. The van der Waals surface area contributed by atoms with Crippen molar-refractivity contribution in [2.45, 2.75) is 103 Å². The lowest BCUT2D eigenvalue weighted by Crippen LogP contribution is -2.51. The number of amides is 4. The summed E-state index contributed by atoms with van der Waals surface area (Å²) in [5.74, 6) is 7.80. The summed E-state index contributed by atoms with van der Waals surface area (Å²) >= 11 is 0. The summed E-state index contributed by atoms with van der Waals surface area (Å²) in [4.78, 5) is 72.1. The number of aromatic amines is 2. The number of nitrogens with one attached hydrogen (secondary N) is 4. The van der Waals surface area contributed by atoms with Crippen LogP contribution in [0.3, 0.4) is 0 Å². The lowest BCUT2D eigenvalue weighted by Gasteiger charge is -2.30. The number of hydrogen-bond donors (Lipinski definition) is 4. The predicted octanol–water partition coefficient (Wildman–Crippen LogP) is 4.63. The SMILES string of the molecule is CC(C)C(NC(=O)C1CC1)C(=O)N1CCCC1c1ncc(C#Cc2ccc(-c3cnc(C4CCCN4C(=O)C(NC(=O)C4CC4)C(C)C)[nH]3)cc2)[nH]1. The highest BCUT2D eigenvalue weighted by Gasteiger charge is 2.41. The van der Waals surface area contributed by atoms with E-state index < -0.39 is 12.1 Å². The first-order valence-electron chi connectivity index (χ1n) is 19.0. The average Bonchev–Trinajstić information content (AvgIpc) is 3.90. The number of nitrogens with zero attached hydrogens (tertiary/aromatic N) is 4. The average molecular weight is 707 g/mol. The van der Waals surface area contributed by atoms with Gasteiger partial charge in [0.2, 0.25) is 23.6 Å². The van der Waals surface area contributed by atoms with Gasteiger partial charge in [-0.1, -0.05) is 45.7 Å². The fourth-order valence-electron chi connectivity index (χ4n) is 7.34. The first kappa shape index (κ1) is 35.5. The van der Waals surface area contributed by atoms with Gasteiger partial charge in [-0.3, -0.25) is 19.2 Å². The molecule has 4 fully saturated rings. The summed E-state index contributed by atoms with van der Waals surface area (Å²) in [6, 6.07) is 6.48. The van der Waals surface area contributed by atoms with Gasteiger partial charge in [-0.05, 0) is 86.8 Å². The summed E-state index contributed by atoms with van der Waals surface area (Å²) in [5, 5.41) is 6.02. The van der Waals surface area contributed by atoms with Crippen LogP contribution in [0.2, 0.25) is 0 Å². The van der Waals surface area contributed by atoms with Crippen molar-refractivity contribution >= 4 is 23.6 Å². The molecule has 4 N–H and O–H groups in total. The Morgan fingerprint density at radius 1 is 0.692 bits per heavy atom. The van der Waals surface area contributed by atoms with E-state index in [9.17, 15) is 19.2 Å². The zero-order valence-electron chi connectivity index (χ0n) is 30.6. The van der Waals surface area contributed by atoms with Crippen molar-refractivity contribution in [1.82, 2.24) is 40.4 Å². The van der Waals surface area contributed by atoms with E-state index in [-0.39, 0.29) is 59.4 Å². The van der Waals surface area contributed by atoms with Crippen LogP contribution >= 0.6 is 0 Å². The summed E-state index contributed by atoms with van der Waals surface area (Å²) in [7, 11) is 0. The van der Waals surface area contributed by atoms with E-state index in [1.165, 1.54) is 0 Å². The van der Waals surface area contributed by atoms with Gasteiger partial charge in [-0.25, -0.2) is 9.97 Å². The van der Waals surface area contributed by atoms with Crippen LogP contribution < -0.4 is 10.6 Å². The third-order valence-corrected chi connectivity index (χ3v) is 10.8. The number of imidazole rings is 2. The molecule has 2 saturated heterocycles. The molecule has 0 bridgehead atoms. The number of rotatable bonds is 11. The van der Waals surface area contributed by atoms with Crippen molar-refractivity contribution < 1.29 is 19.2 Å². The topological polar surface area (TPSA) is 156 Å². The molecule has 12 nitrogen and oxygen atoms in total. The molecule has 2 saturated carbocycles. The zero-order valence-corrected chi connectivity index (χ0v) is 30.6. The van der Waals surface area contributed by atoms with Crippen LogP contribution in [-0.4, -0.2) is 78.5 Å². The molecule has 4 unspecified atom stereocenters. The second-order valence-corrected chi connectivity index (χ2v) is 15.6. The molecule has 2 aliphatic carbocycles. The number of benzene rings is 1. The Bertz CT molecular complexity index is 1860. The van der Waals surface area contributed by atoms with Crippen molar-refractivity contribution in [2.75, 3.05) is 13.1 Å². The standard InChI is InChI=1S/C40H50N8O4/c1-23(2)33(45-37(49)27-14-15-27)39(51)47-19-5-7-31(47)35-41-21-29(43-35)18-11-25-9-12-26(13-10-25)30-22-42-36(44-30)32-8-6-20-48(32)40(52)34(24(3)4)46-38(50)28-16-17-28/h9-10,12-13,21-24,27-28,31-34H,5-8,14-17,19-20H2,1-4H3,(H,41,43)(H,42,44)(H,45,49)(H,46,50). The van der Waals surface area contributed by atoms with Gasteiger partial charge in [-0.2, -0.15) is 0 Å². The first-order chi connectivity index (χ1) is 25.1. The third-order valence-electron chi connectivity index (χ3n) is 10.8. The summed E-state index contributed by atoms with van der Waals surface area (Å²) < 4.78 is 0. The molecule has 0 radical (unpaired) electrons. The molecule has 3 aromatic rings. The Morgan fingerprint density at radius 2 is 1.19 bits per heavy atom. The van der Waals surface area contributed by atoms with Gasteiger partial charge in [0, 0.05) is 30.5 Å². The molecule has 12 heteroatoms. The molecule has 4 amide bonds. The van der Waals surface area contributed by atoms with E-state index in [1.54, 1.807) is 12.4 Å². The molecule has 274 valence electrons. The Balaban J connectivity index is 0.979. The van der Waals surface area contributed by atoms with Crippen LogP contribution in [-0.2, 0) is 19.2 Å². The Kier molecular flexibility index (Phi) is 10.2. The summed E-state index contributed by atoms with van der Waals surface area (Å²) in [5.41, 5.74) is 3.32. The van der Waals surface area contributed by atoms with Gasteiger partial charge in [0.25, 0.3) is 0 Å². The zero-order chi connectivity index (χ0) is 36.5. The van der Waals surface area contributed by atoms with E-state index in [0.717, 1.165) is 74.0 Å². The molecular weight excluding hydrogens is 656 g/mol. The van der Waals surface area contributed by atoms with Crippen molar-refractivity contribution in [3.63, 3.8) is 0 Å². The van der Waals surface area contributed by atoms with Crippen LogP contribution in [0, 0.1) is 35.5 Å². The van der Waals surface area contributed by atoms with Crippen molar-refractivity contribution in [3.8, 4) is 23.1 Å². The molecule has 1 aromatic carbocycles. The highest BCUT2D eigenvalue weighted by molar-refractivity contribution is 5.90. The van der Waals surface area contributed by atoms with E-state index in [2.05, 4.69) is 42.4 Å². The fraction of sp³-hybridized carbons (Fsp3) is 0.550. The molecule has 7 rings (SSSR count). The molecule has 4 atom stereocenters. The molecule has 2 aliphatic heterocycles. The maximum Gasteiger partial charge on any atom is 0.246 e. The second kappa shape index (κ2) is 15.0. The number of H-pyrrole nitrogens is 2. The molecule has 4 aliphatic rings. The van der Waals surface area contributed by atoms with Gasteiger partial charge in [0.05, 0.1) is 30.2 Å². The number of carbonyl (C=O) groups is 4. The lowest BCUT2D eigenvalue weighted by atomic mass is 10.0. The molecule has 0 spiro atoms. The van der Waals surface area contributed by atoms with Gasteiger partial charge < -0.3 is 30.4 Å². The molecule has 4 heterocycles. The number of likely N-dealkylation sites (tertiary alicyclic amines) is 2. The van der Waals surface area contributed by atoms with Crippen molar-refractivity contribution in [1.29, 1.82) is 0 Å². The fourth-order valence-corrected chi connectivity index (χ4v) is 7.34. The highest BCUT2D eigenvalue weighted by Crippen LogP contribution is 2.35. The van der Waals surface area contributed by atoms with E-state index in [0.29, 0.717) is 24.6 Å². The van der Waals surface area contributed by atoms with Crippen LogP contribution in [0.1, 0.15) is 114 Å². The Hall–Kier alpha value is -4.92. The largest absolute Gasteiger partial charge is 0.344 e. The highest BCUT2D eigenvalue weighted by atomic mass is 16.2. The Morgan fingerprint density at radius 3 is 1.69 bits per heavy atom. The normalized spacial score (nSPS) is 21.2. The molecule has 52 heavy (non-hydrogen) atoms. The molecule has 2 aromatic heterocycles. The summed E-state index contributed by atoms with van der Waals surface area (Å²) in [6.07, 6.45) is 10.5. The van der Waals surface area contributed by atoms with Crippen molar-refractivity contribution in [3.05, 3.63) is 59.6 Å². The molecular formula is C40H50N8O4. The minimum Gasteiger partial charge on any atom is -0.344 e. The number of carbonyl (C=O) groups excluding carboxylic acids is 4. The van der Waals surface area contributed by atoms with Crippen LogP contribution in [0.5, 0.6) is 0 Å². The summed E-state index contributed by atoms with van der Waals surface area (Å²) in [6.45, 7) is 9.16. The maximum absolute atomic E-state index is 13.7. The van der Waals surface area contributed by atoms with Gasteiger partial charge >= 0.3 is 0 Å². The lowest BCUT2D eigenvalue weighted by molar-refractivity contribution is -0.139. The minimum absolute atomic E-state index is 0.00985. The Labute approximate surface area is 305 Å². The third kappa shape index (κ3) is 7.78. The van der Waals surface area contributed by atoms with Gasteiger partial charge in [0.1, 0.15) is 29.4 Å². The minimum atomic E-state index is -0.546. The number of aromatic nitrogens is 4. The quantitative estimate of drug-likeness (QED) is 0.213. The smallest absolute Gasteiger partial charge is 0.246 e. The van der Waals surface area contributed by atoms with Crippen molar-refractivity contribution in [2.24, 2.45) is 23.7 Å².